The first-order valence-corrected chi connectivity index (χ1v) is 10.1. The number of rotatable bonds is 7. The highest BCUT2D eigenvalue weighted by Gasteiger charge is 2.16. The zero-order chi connectivity index (χ0) is 17.6. The lowest BCUT2D eigenvalue weighted by Gasteiger charge is -2.10. The van der Waals surface area contributed by atoms with E-state index < -0.39 is 0 Å². The number of thioether (sulfide) groups is 1. The summed E-state index contributed by atoms with van der Waals surface area (Å²) in [6.45, 7) is 5.59. The molecule has 1 aliphatic heterocycles. The van der Waals surface area contributed by atoms with Crippen molar-refractivity contribution in [2.75, 3.05) is 29.5 Å². The van der Waals surface area contributed by atoms with Crippen molar-refractivity contribution in [3.8, 4) is 0 Å². The number of aryl methyl sites for hydroxylation is 2. The van der Waals surface area contributed by atoms with Crippen LogP contribution in [0.5, 0.6) is 0 Å². The van der Waals surface area contributed by atoms with E-state index in [2.05, 4.69) is 20.8 Å². The molecule has 2 aromatic rings. The number of para-hydroxylation sites is 1. The Hall–Kier alpha value is -1.64. The minimum atomic E-state index is -0.0357. The SMILES string of the molecule is Cc1cccc(C)c1NC(=O)CSc1nnc(NC[C@H]2CCCO2)s1. The molecule has 0 unspecified atom stereocenters. The smallest absolute Gasteiger partial charge is 0.234 e. The van der Waals surface area contributed by atoms with Gasteiger partial charge in [0.15, 0.2) is 4.34 Å². The van der Waals surface area contributed by atoms with E-state index in [1.807, 2.05) is 32.0 Å². The summed E-state index contributed by atoms with van der Waals surface area (Å²) in [6, 6.07) is 5.97. The van der Waals surface area contributed by atoms with Gasteiger partial charge in [-0.3, -0.25) is 4.79 Å². The van der Waals surface area contributed by atoms with Gasteiger partial charge in [0.25, 0.3) is 0 Å². The summed E-state index contributed by atoms with van der Waals surface area (Å²) in [6.07, 6.45) is 2.48. The van der Waals surface area contributed by atoms with E-state index in [1.165, 1.54) is 23.1 Å². The van der Waals surface area contributed by atoms with Crippen molar-refractivity contribution in [2.45, 2.75) is 37.1 Å². The molecule has 0 bridgehead atoms. The van der Waals surface area contributed by atoms with Gasteiger partial charge in [-0.25, -0.2) is 0 Å². The predicted molar refractivity (Wildman–Crippen MR) is 103 cm³/mol. The molecule has 8 heteroatoms. The van der Waals surface area contributed by atoms with E-state index in [1.54, 1.807) is 0 Å². The highest BCUT2D eigenvalue weighted by molar-refractivity contribution is 8.01. The number of nitrogens with zero attached hydrogens (tertiary/aromatic N) is 2. The largest absolute Gasteiger partial charge is 0.376 e. The number of ether oxygens (including phenoxy) is 1. The highest BCUT2D eigenvalue weighted by Crippen LogP contribution is 2.26. The Labute approximate surface area is 155 Å². The van der Waals surface area contributed by atoms with Crippen LogP contribution in [0.2, 0.25) is 0 Å². The maximum atomic E-state index is 12.2. The van der Waals surface area contributed by atoms with Crippen LogP contribution in [-0.4, -0.2) is 41.1 Å². The Morgan fingerprint density at radius 1 is 1.36 bits per heavy atom. The zero-order valence-corrected chi connectivity index (χ0v) is 16.0. The number of benzene rings is 1. The average molecular weight is 379 g/mol. The van der Waals surface area contributed by atoms with Crippen molar-refractivity contribution in [3.63, 3.8) is 0 Å². The van der Waals surface area contributed by atoms with Gasteiger partial charge in [-0.05, 0) is 37.8 Å². The Kier molecular flexibility index (Phi) is 6.28. The molecule has 0 aliphatic carbocycles. The lowest BCUT2D eigenvalue weighted by molar-refractivity contribution is -0.113. The molecular weight excluding hydrogens is 356 g/mol. The lowest BCUT2D eigenvalue weighted by Crippen LogP contribution is -2.18. The van der Waals surface area contributed by atoms with E-state index in [4.69, 9.17) is 4.74 Å². The van der Waals surface area contributed by atoms with Crippen LogP contribution < -0.4 is 10.6 Å². The molecule has 1 saturated heterocycles. The van der Waals surface area contributed by atoms with Gasteiger partial charge in [-0.2, -0.15) is 0 Å². The summed E-state index contributed by atoms with van der Waals surface area (Å²) in [5.41, 5.74) is 3.02. The van der Waals surface area contributed by atoms with E-state index in [-0.39, 0.29) is 12.0 Å². The van der Waals surface area contributed by atoms with Crippen LogP contribution in [0.4, 0.5) is 10.8 Å². The third-order valence-corrected chi connectivity index (χ3v) is 6.00. The molecule has 0 radical (unpaired) electrons. The molecular formula is C17H22N4O2S2. The number of nitrogens with one attached hydrogen (secondary N) is 2. The lowest BCUT2D eigenvalue weighted by atomic mass is 10.1. The maximum absolute atomic E-state index is 12.2. The van der Waals surface area contributed by atoms with Crippen molar-refractivity contribution < 1.29 is 9.53 Å². The number of carbonyl (C=O) groups is 1. The molecule has 3 rings (SSSR count). The number of hydrogen-bond donors (Lipinski definition) is 2. The first-order valence-electron chi connectivity index (χ1n) is 8.29. The average Bonchev–Trinajstić information content (AvgIpc) is 3.26. The van der Waals surface area contributed by atoms with Crippen LogP contribution in [-0.2, 0) is 9.53 Å². The van der Waals surface area contributed by atoms with Gasteiger partial charge >= 0.3 is 0 Å². The van der Waals surface area contributed by atoms with Crippen molar-refractivity contribution in [1.82, 2.24) is 10.2 Å². The molecule has 25 heavy (non-hydrogen) atoms. The maximum Gasteiger partial charge on any atom is 0.234 e. The Morgan fingerprint density at radius 3 is 2.88 bits per heavy atom. The van der Waals surface area contributed by atoms with E-state index in [9.17, 15) is 4.79 Å². The standard InChI is InChI=1S/C17H22N4O2S2/c1-11-5-3-6-12(2)15(11)19-14(22)10-24-17-21-20-16(25-17)18-9-13-7-4-8-23-13/h3,5-6,13H,4,7-10H2,1-2H3,(H,18,20)(H,19,22)/t13-/m1/s1. The Bertz CT molecular complexity index is 709. The fourth-order valence-electron chi connectivity index (χ4n) is 2.66. The molecule has 134 valence electrons. The predicted octanol–water partition coefficient (Wildman–Crippen LogP) is 3.48. The molecule has 0 saturated carbocycles. The van der Waals surface area contributed by atoms with Gasteiger partial charge in [0.2, 0.25) is 11.0 Å². The summed E-state index contributed by atoms with van der Waals surface area (Å²) in [5.74, 6) is 0.278. The molecule has 1 aromatic carbocycles. The van der Waals surface area contributed by atoms with Crippen LogP contribution in [0.25, 0.3) is 0 Å². The van der Waals surface area contributed by atoms with E-state index in [0.717, 1.165) is 52.3 Å². The van der Waals surface area contributed by atoms with Gasteiger partial charge in [0, 0.05) is 18.8 Å². The molecule has 1 aromatic heterocycles. The molecule has 2 N–H and O–H groups in total. The van der Waals surface area contributed by atoms with Crippen LogP contribution in [0.3, 0.4) is 0 Å². The minimum Gasteiger partial charge on any atom is -0.376 e. The third-order valence-electron chi connectivity index (χ3n) is 3.98. The molecule has 6 nitrogen and oxygen atoms in total. The highest BCUT2D eigenvalue weighted by atomic mass is 32.2. The summed E-state index contributed by atoms with van der Waals surface area (Å²) >= 11 is 2.86. The summed E-state index contributed by atoms with van der Waals surface area (Å²) in [7, 11) is 0. The summed E-state index contributed by atoms with van der Waals surface area (Å²) in [5, 5.41) is 15.2. The molecule has 1 aliphatic rings. The Balaban J connectivity index is 1.46. The quantitative estimate of drug-likeness (QED) is 0.719. The fraction of sp³-hybridized carbons (Fsp3) is 0.471. The summed E-state index contributed by atoms with van der Waals surface area (Å²) in [4.78, 5) is 12.2. The number of carbonyl (C=O) groups excluding carboxylic acids is 1. The van der Waals surface area contributed by atoms with E-state index >= 15 is 0 Å². The molecule has 2 heterocycles. The normalized spacial score (nSPS) is 16.8. The number of aromatic nitrogens is 2. The van der Waals surface area contributed by atoms with Gasteiger partial charge in [0.05, 0.1) is 11.9 Å². The first-order chi connectivity index (χ1) is 12.1. The topological polar surface area (TPSA) is 76.1 Å². The third kappa shape index (κ3) is 5.17. The number of amides is 1. The Morgan fingerprint density at radius 2 is 2.16 bits per heavy atom. The van der Waals surface area contributed by atoms with Crippen molar-refractivity contribution in [2.24, 2.45) is 0 Å². The monoisotopic (exact) mass is 378 g/mol. The van der Waals surface area contributed by atoms with Gasteiger partial charge in [-0.15, -0.1) is 10.2 Å². The molecule has 0 spiro atoms. The van der Waals surface area contributed by atoms with Gasteiger partial charge in [0.1, 0.15) is 0 Å². The number of hydrogen-bond acceptors (Lipinski definition) is 7. The second kappa shape index (κ2) is 8.64. The number of anilines is 2. The fourth-order valence-corrected chi connectivity index (χ4v) is 4.22. The van der Waals surface area contributed by atoms with Crippen LogP contribution in [0.15, 0.2) is 22.5 Å². The van der Waals surface area contributed by atoms with Crippen LogP contribution in [0.1, 0.15) is 24.0 Å². The summed E-state index contributed by atoms with van der Waals surface area (Å²) < 4.78 is 6.36. The first kappa shape index (κ1) is 18.2. The van der Waals surface area contributed by atoms with Crippen molar-refractivity contribution in [1.29, 1.82) is 0 Å². The molecule has 1 fully saturated rings. The van der Waals surface area contributed by atoms with E-state index in [0.29, 0.717) is 5.75 Å². The molecule has 1 atom stereocenters. The minimum absolute atomic E-state index is 0.0357. The second-order valence-corrected chi connectivity index (χ2v) is 8.19. The molecule has 1 amide bonds. The van der Waals surface area contributed by atoms with Crippen LogP contribution >= 0.6 is 23.1 Å². The van der Waals surface area contributed by atoms with Gasteiger partial charge in [-0.1, -0.05) is 41.3 Å². The zero-order valence-electron chi connectivity index (χ0n) is 14.4. The van der Waals surface area contributed by atoms with Crippen molar-refractivity contribution >= 4 is 39.8 Å². The second-order valence-electron chi connectivity index (χ2n) is 5.99. The van der Waals surface area contributed by atoms with Gasteiger partial charge < -0.3 is 15.4 Å². The van der Waals surface area contributed by atoms with Crippen LogP contribution in [0, 0.1) is 13.8 Å². The van der Waals surface area contributed by atoms with Crippen molar-refractivity contribution in [3.05, 3.63) is 29.3 Å².